The number of nitrogens with zero attached hydrogens (tertiary/aromatic N) is 1. The molecule has 1 aliphatic heterocycles. The zero-order valence-electron chi connectivity index (χ0n) is 8.37. The topological polar surface area (TPSA) is 37.4 Å². The maximum absolute atomic E-state index is 11.0. The minimum Gasteiger partial charge on any atom is -0.300 e. The van der Waals surface area contributed by atoms with Gasteiger partial charge in [0.15, 0.2) is 0 Å². The molecular weight excluding hydrogens is 222 g/mol. The predicted molar refractivity (Wildman–Crippen MR) is 58.8 cm³/mol. The van der Waals surface area contributed by atoms with Crippen LogP contribution in [0.1, 0.15) is 26.2 Å². The van der Waals surface area contributed by atoms with Crippen molar-refractivity contribution in [1.29, 1.82) is 0 Å². The Labute approximate surface area is 90.2 Å². The molecule has 0 radical (unpaired) electrons. The molecule has 1 saturated heterocycles. The lowest BCUT2D eigenvalue weighted by atomic mass is 10.1. The van der Waals surface area contributed by atoms with Gasteiger partial charge in [0.25, 0.3) is 9.05 Å². The summed E-state index contributed by atoms with van der Waals surface area (Å²) in [6.07, 6.45) is 2.65. The van der Waals surface area contributed by atoms with Crippen LogP contribution < -0.4 is 0 Å². The Kier molecular flexibility index (Phi) is 3.98. The maximum Gasteiger partial charge on any atom is 0.256 e. The number of hydrogen-bond donors (Lipinski definition) is 0. The fourth-order valence-electron chi connectivity index (χ4n) is 1.90. The van der Waals surface area contributed by atoms with Crippen molar-refractivity contribution in [2.24, 2.45) is 0 Å². The van der Waals surface area contributed by atoms with E-state index in [4.69, 9.17) is 10.7 Å². The van der Waals surface area contributed by atoms with Gasteiger partial charge in [-0.25, -0.2) is 8.42 Å². The third-order valence-electron chi connectivity index (χ3n) is 2.71. The second-order valence-electron chi connectivity index (χ2n) is 3.61. The summed E-state index contributed by atoms with van der Waals surface area (Å²) in [5, 5.41) is 0. The normalized spacial score (nSPS) is 24.0. The standard InChI is InChI=1S/C9H16ClNO2S/c1-3-11-6-4-5-9(11)7-8(2)14(10,12)13/h9H,2-7H2,1H3. The highest BCUT2D eigenvalue weighted by Crippen LogP contribution is 2.25. The van der Waals surface area contributed by atoms with E-state index in [9.17, 15) is 8.42 Å². The summed E-state index contributed by atoms with van der Waals surface area (Å²) in [5.41, 5.74) is 0. The van der Waals surface area contributed by atoms with Crippen molar-refractivity contribution in [2.45, 2.75) is 32.2 Å². The third kappa shape index (κ3) is 2.97. The second-order valence-corrected chi connectivity index (χ2v) is 6.28. The summed E-state index contributed by atoms with van der Waals surface area (Å²) in [7, 11) is 1.64. The molecule has 1 atom stereocenters. The molecule has 0 aromatic rings. The summed E-state index contributed by atoms with van der Waals surface area (Å²) >= 11 is 0. The number of halogens is 1. The van der Waals surface area contributed by atoms with E-state index in [2.05, 4.69) is 18.4 Å². The van der Waals surface area contributed by atoms with Gasteiger partial charge in [0.05, 0.1) is 4.91 Å². The average molecular weight is 238 g/mol. The molecule has 82 valence electrons. The highest BCUT2D eigenvalue weighted by molar-refractivity contribution is 8.16. The van der Waals surface area contributed by atoms with Crippen molar-refractivity contribution in [1.82, 2.24) is 4.90 Å². The molecule has 0 aromatic carbocycles. The molecule has 0 amide bonds. The molecule has 0 spiro atoms. The quantitative estimate of drug-likeness (QED) is 0.702. The highest BCUT2D eigenvalue weighted by Gasteiger charge is 2.26. The van der Waals surface area contributed by atoms with Crippen LogP contribution in [0.2, 0.25) is 0 Å². The monoisotopic (exact) mass is 237 g/mol. The van der Waals surface area contributed by atoms with E-state index in [-0.39, 0.29) is 4.91 Å². The van der Waals surface area contributed by atoms with E-state index < -0.39 is 9.05 Å². The van der Waals surface area contributed by atoms with Gasteiger partial charge in [0, 0.05) is 16.7 Å². The molecule has 1 unspecified atom stereocenters. The van der Waals surface area contributed by atoms with Crippen LogP contribution in [-0.4, -0.2) is 32.4 Å². The summed E-state index contributed by atoms with van der Waals surface area (Å²) in [6.45, 7) is 7.60. The van der Waals surface area contributed by atoms with E-state index in [1.165, 1.54) is 0 Å². The van der Waals surface area contributed by atoms with Crippen LogP contribution in [0.4, 0.5) is 0 Å². The fraction of sp³-hybridized carbons (Fsp3) is 0.778. The van der Waals surface area contributed by atoms with Crippen molar-refractivity contribution in [2.75, 3.05) is 13.1 Å². The molecule has 1 heterocycles. The Bertz CT molecular complexity index is 313. The predicted octanol–water partition coefficient (Wildman–Crippen LogP) is 1.94. The van der Waals surface area contributed by atoms with E-state index >= 15 is 0 Å². The van der Waals surface area contributed by atoms with Gasteiger partial charge in [0.2, 0.25) is 0 Å². The molecule has 5 heteroatoms. The highest BCUT2D eigenvalue weighted by atomic mass is 35.7. The minimum atomic E-state index is -3.57. The summed E-state index contributed by atoms with van der Waals surface area (Å²) in [4.78, 5) is 2.41. The Balaban J connectivity index is 2.56. The molecule has 0 aromatic heterocycles. The van der Waals surface area contributed by atoms with Crippen LogP contribution in [0.15, 0.2) is 11.5 Å². The Morgan fingerprint density at radius 1 is 1.64 bits per heavy atom. The third-order valence-corrected chi connectivity index (χ3v) is 4.22. The van der Waals surface area contributed by atoms with Gasteiger partial charge in [-0.2, -0.15) is 0 Å². The van der Waals surface area contributed by atoms with Gasteiger partial charge < -0.3 is 4.90 Å². The summed E-state index contributed by atoms with van der Waals surface area (Å²) in [6, 6.07) is 0.307. The van der Waals surface area contributed by atoms with E-state index in [1.54, 1.807) is 0 Å². The largest absolute Gasteiger partial charge is 0.300 e. The number of rotatable bonds is 4. The first kappa shape index (κ1) is 12.0. The van der Waals surface area contributed by atoms with Crippen LogP contribution in [0, 0.1) is 0 Å². The van der Waals surface area contributed by atoms with Crippen molar-refractivity contribution >= 4 is 19.7 Å². The van der Waals surface area contributed by atoms with Gasteiger partial charge in [-0.05, 0) is 32.4 Å². The molecule has 0 bridgehead atoms. The molecule has 0 saturated carbocycles. The first-order chi connectivity index (χ1) is 6.45. The van der Waals surface area contributed by atoms with Gasteiger partial charge in [0.1, 0.15) is 0 Å². The minimum absolute atomic E-state index is 0.143. The van der Waals surface area contributed by atoms with Crippen LogP contribution in [-0.2, 0) is 9.05 Å². The molecule has 1 aliphatic rings. The van der Waals surface area contributed by atoms with Crippen molar-refractivity contribution in [3.63, 3.8) is 0 Å². The lowest BCUT2D eigenvalue weighted by molar-refractivity contribution is 0.267. The van der Waals surface area contributed by atoms with Crippen molar-refractivity contribution in [3.8, 4) is 0 Å². The van der Waals surface area contributed by atoms with Crippen LogP contribution in [0.25, 0.3) is 0 Å². The lowest BCUT2D eigenvalue weighted by Gasteiger charge is -2.22. The van der Waals surface area contributed by atoms with Crippen LogP contribution in [0.3, 0.4) is 0 Å². The number of hydrogen-bond acceptors (Lipinski definition) is 3. The first-order valence-electron chi connectivity index (χ1n) is 4.81. The SMILES string of the molecule is C=C(CC1CCCN1CC)S(=O)(=O)Cl. The second kappa shape index (κ2) is 4.64. The fourth-order valence-corrected chi connectivity index (χ4v) is 2.49. The molecule has 3 nitrogen and oxygen atoms in total. The molecule has 0 aliphatic carbocycles. The van der Waals surface area contributed by atoms with Crippen molar-refractivity contribution < 1.29 is 8.42 Å². The van der Waals surface area contributed by atoms with E-state index in [0.717, 1.165) is 25.9 Å². The first-order valence-corrected chi connectivity index (χ1v) is 7.12. The van der Waals surface area contributed by atoms with Gasteiger partial charge >= 0.3 is 0 Å². The maximum atomic E-state index is 11.0. The molecule has 0 N–H and O–H groups in total. The van der Waals surface area contributed by atoms with E-state index in [0.29, 0.717) is 12.5 Å². The van der Waals surface area contributed by atoms with Crippen LogP contribution in [0.5, 0.6) is 0 Å². The molecular formula is C9H16ClNO2S. The zero-order valence-corrected chi connectivity index (χ0v) is 9.94. The molecule has 14 heavy (non-hydrogen) atoms. The Hall–Kier alpha value is -0.0600. The summed E-state index contributed by atoms with van der Waals surface area (Å²) in [5.74, 6) is 0. The van der Waals surface area contributed by atoms with Gasteiger partial charge in [-0.1, -0.05) is 13.5 Å². The smallest absolute Gasteiger partial charge is 0.256 e. The Morgan fingerprint density at radius 2 is 2.29 bits per heavy atom. The summed E-state index contributed by atoms with van der Waals surface area (Å²) < 4.78 is 21.9. The molecule has 1 fully saturated rings. The molecule has 1 rings (SSSR count). The van der Waals surface area contributed by atoms with Crippen LogP contribution >= 0.6 is 10.7 Å². The average Bonchev–Trinajstić information content (AvgIpc) is 2.50. The Morgan fingerprint density at radius 3 is 2.79 bits per heavy atom. The van der Waals surface area contributed by atoms with Gasteiger partial charge in [-0.3, -0.25) is 0 Å². The lowest BCUT2D eigenvalue weighted by Crippen LogP contribution is -2.29. The number of likely N-dealkylation sites (tertiary alicyclic amines) is 1. The van der Waals surface area contributed by atoms with Gasteiger partial charge in [-0.15, -0.1) is 0 Å². The van der Waals surface area contributed by atoms with E-state index in [1.807, 2.05) is 0 Å². The van der Waals surface area contributed by atoms with Crippen molar-refractivity contribution in [3.05, 3.63) is 11.5 Å². The zero-order chi connectivity index (χ0) is 10.8.